The van der Waals surface area contributed by atoms with E-state index in [9.17, 15) is 5.11 Å². The molecule has 1 aliphatic rings. The van der Waals surface area contributed by atoms with Gasteiger partial charge in [0.15, 0.2) is 5.82 Å². The van der Waals surface area contributed by atoms with Gasteiger partial charge in [-0.3, -0.25) is 0 Å². The van der Waals surface area contributed by atoms with Crippen molar-refractivity contribution in [2.75, 3.05) is 22.9 Å². The highest BCUT2D eigenvalue weighted by molar-refractivity contribution is 5.48. The molecule has 3 atom stereocenters. The van der Waals surface area contributed by atoms with Crippen molar-refractivity contribution in [1.29, 1.82) is 0 Å². The molecule has 3 rings (SSSR count). The fraction of sp³-hybridized carbons (Fsp3) is 0.556. The van der Waals surface area contributed by atoms with Crippen molar-refractivity contribution in [3.05, 3.63) is 35.7 Å². The molecule has 0 saturated carbocycles. The van der Waals surface area contributed by atoms with Crippen LogP contribution in [0.2, 0.25) is 0 Å². The lowest BCUT2D eigenvalue weighted by atomic mass is 10.1. The zero-order chi connectivity index (χ0) is 18.1. The highest BCUT2D eigenvalue weighted by Gasteiger charge is 2.31. The van der Waals surface area contributed by atoms with Crippen LogP contribution in [-0.2, 0) is 0 Å². The molecule has 25 heavy (non-hydrogen) atoms. The molecule has 1 unspecified atom stereocenters. The third kappa shape index (κ3) is 3.71. The normalized spacial score (nSPS) is 22.2. The molecular weight excluding hydrogens is 316 g/mol. The minimum atomic E-state index is -0.668. The van der Waals surface area contributed by atoms with Crippen molar-refractivity contribution in [3.63, 3.8) is 0 Å². The zero-order valence-electron chi connectivity index (χ0n) is 15.5. The minimum Gasteiger partial charge on any atom is -0.385 e. The van der Waals surface area contributed by atoms with Crippen LogP contribution in [0.15, 0.2) is 18.3 Å². The van der Waals surface area contributed by atoms with Crippen molar-refractivity contribution >= 4 is 11.6 Å². The van der Waals surface area contributed by atoms with Crippen molar-refractivity contribution in [1.82, 2.24) is 19.9 Å². The van der Waals surface area contributed by atoms with E-state index in [1.165, 1.54) is 0 Å². The van der Waals surface area contributed by atoms with Gasteiger partial charge in [0, 0.05) is 43.1 Å². The molecule has 3 heterocycles. The summed E-state index contributed by atoms with van der Waals surface area (Å²) in [5, 5.41) is 9.76. The molecule has 1 fully saturated rings. The molecular formula is C18H26N6O. The van der Waals surface area contributed by atoms with E-state index in [1.807, 2.05) is 26.0 Å². The molecule has 0 aromatic carbocycles. The van der Waals surface area contributed by atoms with Crippen LogP contribution in [0.1, 0.15) is 44.2 Å². The Kier molecular flexibility index (Phi) is 4.85. The van der Waals surface area contributed by atoms with E-state index < -0.39 is 6.10 Å². The Labute approximate surface area is 148 Å². The Hall–Kier alpha value is -2.28. The summed E-state index contributed by atoms with van der Waals surface area (Å²) in [6.07, 6.45) is 1.05. The molecule has 0 bridgehead atoms. The standard InChI is InChI=1S/C18H26N6O/c1-11-8-17(21-15(5)20-11)23-9-12(2)24(13(3)10-23)16-6-7-19-18(22-16)14(4)25/h6-8,12-14,25H,9-10H2,1-5H3/t12-,13?,14-/m1/s1. The number of hydrogen-bond donors (Lipinski definition) is 1. The van der Waals surface area contributed by atoms with Crippen molar-refractivity contribution < 1.29 is 5.11 Å². The summed E-state index contributed by atoms with van der Waals surface area (Å²) in [6.45, 7) is 11.7. The van der Waals surface area contributed by atoms with Gasteiger partial charge < -0.3 is 14.9 Å². The Morgan fingerprint density at radius 3 is 2.36 bits per heavy atom. The number of piperazine rings is 1. The highest BCUT2D eigenvalue weighted by Crippen LogP contribution is 2.26. The molecule has 7 nitrogen and oxygen atoms in total. The lowest BCUT2D eigenvalue weighted by Gasteiger charge is -2.45. The number of aliphatic hydroxyl groups excluding tert-OH is 1. The molecule has 2 aromatic rings. The summed E-state index contributed by atoms with van der Waals surface area (Å²) in [5.41, 5.74) is 0.989. The summed E-state index contributed by atoms with van der Waals surface area (Å²) in [4.78, 5) is 22.3. The van der Waals surface area contributed by atoms with Crippen LogP contribution >= 0.6 is 0 Å². The molecule has 0 amide bonds. The average Bonchev–Trinajstić information content (AvgIpc) is 2.53. The predicted molar refractivity (Wildman–Crippen MR) is 97.8 cm³/mol. The van der Waals surface area contributed by atoms with E-state index in [-0.39, 0.29) is 12.1 Å². The number of aliphatic hydroxyl groups is 1. The second kappa shape index (κ2) is 6.92. The first kappa shape index (κ1) is 17.5. The molecule has 0 aliphatic carbocycles. The molecule has 1 saturated heterocycles. The number of anilines is 2. The molecule has 7 heteroatoms. The molecule has 0 radical (unpaired) electrons. The largest absolute Gasteiger partial charge is 0.385 e. The van der Waals surface area contributed by atoms with Crippen LogP contribution < -0.4 is 9.80 Å². The first-order valence-electron chi connectivity index (χ1n) is 8.71. The number of rotatable bonds is 3. The quantitative estimate of drug-likeness (QED) is 0.914. The lowest BCUT2D eigenvalue weighted by molar-refractivity contribution is 0.189. The van der Waals surface area contributed by atoms with Crippen LogP contribution in [-0.4, -0.2) is 50.2 Å². The maximum atomic E-state index is 9.76. The van der Waals surface area contributed by atoms with Gasteiger partial charge in [0.05, 0.1) is 0 Å². The van der Waals surface area contributed by atoms with Crippen LogP contribution in [0.5, 0.6) is 0 Å². The number of hydrogen-bond acceptors (Lipinski definition) is 7. The predicted octanol–water partition coefficient (Wildman–Crippen LogP) is 2.04. The SMILES string of the molecule is Cc1cc(N2CC(C)N(c3ccnc([C@@H](C)O)n3)[C@H](C)C2)nc(C)n1. The second-order valence-electron chi connectivity index (χ2n) is 6.87. The molecule has 2 aromatic heterocycles. The van der Waals surface area contributed by atoms with Gasteiger partial charge in [-0.25, -0.2) is 19.9 Å². The highest BCUT2D eigenvalue weighted by atomic mass is 16.3. The first-order chi connectivity index (χ1) is 11.8. The van der Waals surface area contributed by atoms with Gasteiger partial charge in [-0.05, 0) is 40.7 Å². The average molecular weight is 342 g/mol. The van der Waals surface area contributed by atoms with Crippen LogP contribution in [0.25, 0.3) is 0 Å². The van der Waals surface area contributed by atoms with Gasteiger partial charge in [0.25, 0.3) is 0 Å². The van der Waals surface area contributed by atoms with Crippen LogP contribution in [0.3, 0.4) is 0 Å². The number of nitrogens with zero attached hydrogens (tertiary/aromatic N) is 6. The van der Waals surface area contributed by atoms with Crippen LogP contribution in [0.4, 0.5) is 11.6 Å². The maximum absolute atomic E-state index is 9.76. The van der Waals surface area contributed by atoms with Gasteiger partial charge in [-0.2, -0.15) is 0 Å². The summed E-state index contributed by atoms with van der Waals surface area (Å²) < 4.78 is 0. The fourth-order valence-corrected chi connectivity index (χ4v) is 3.53. The van der Waals surface area contributed by atoms with Gasteiger partial charge in [-0.15, -0.1) is 0 Å². The topological polar surface area (TPSA) is 78.3 Å². The zero-order valence-corrected chi connectivity index (χ0v) is 15.5. The van der Waals surface area contributed by atoms with E-state index in [4.69, 9.17) is 0 Å². The maximum Gasteiger partial charge on any atom is 0.158 e. The molecule has 1 N–H and O–H groups in total. The van der Waals surface area contributed by atoms with E-state index in [0.717, 1.165) is 36.2 Å². The van der Waals surface area contributed by atoms with Gasteiger partial charge in [0.2, 0.25) is 0 Å². The van der Waals surface area contributed by atoms with Crippen molar-refractivity contribution in [2.45, 2.75) is 52.8 Å². The van der Waals surface area contributed by atoms with E-state index >= 15 is 0 Å². The molecule has 0 spiro atoms. The first-order valence-corrected chi connectivity index (χ1v) is 8.71. The molecule has 134 valence electrons. The van der Waals surface area contributed by atoms with Gasteiger partial charge >= 0.3 is 0 Å². The van der Waals surface area contributed by atoms with Crippen molar-refractivity contribution in [2.24, 2.45) is 0 Å². The monoisotopic (exact) mass is 342 g/mol. The van der Waals surface area contributed by atoms with E-state index in [0.29, 0.717) is 5.82 Å². The summed E-state index contributed by atoms with van der Waals surface area (Å²) in [7, 11) is 0. The van der Waals surface area contributed by atoms with Gasteiger partial charge in [0.1, 0.15) is 23.6 Å². The number of aromatic nitrogens is 4. The summed E-state index contributed by atoms with van der Waals surface area (Å²) in [6, 6.07) is 4.47. The third-order valence-electron chi connectivity index (χ3n) is 4.49. The molecule has 1 aliphatic heterocycles. The summed E-state index contributed by atoms with van der Waals surface area (Å²) in [5.74, 6) is 3.10. The number of aryl methyl sites for hydroxylation is 2. The van der Waals surface area contributed by atoms with Crippen molar-refractivity contribution in [3.8, 4) is 0 Å². The summed E-state index contributed by atoms with van der Waals surface area (Å²) >= 11 is 0. The minimum absolute atomic E-state index is 0.260. The third-order valence-corrected chi connectivity index (χ3v) is 4.49. The lowest BCUT2D eigenvalue weighted by Crippen LogP contribution is -2.57. The Morgan fingerprint density at radius 1 is 1.08 bits per heavy atom. The van der Waals surface area contributed by atoms with Gasteiger partial charge in [-0.1, -0.05) is 0 Å². The van der Waals surface area contributed by atoms with E-state index in [2.05, 4.69) is 43.6 Å². The second-order valence-corrected chi connectivity index (χ2v) is 6.87. The smallest absolute Gasteiger partial charge is 0.158 e. The van der Waals surface area contributed by atoms with E-state index in [1.54, 1.807) is 13.1 Å². The Bertz CT molecular complexity index is 718. The Morgan fingerprint density at radius 2 is 1.76 bits per heavy atom. The fourth-order valence-electron chi connectivity index (χ4n) is 3.53. The van der Waals surface area contributed by atoms with Crippen LogP contribution in [0, 0.1) is 13.8 Å². The Balaban J connectivity index is 1.84.